The first-order valence-electron chi connectivity index (χ1n) is 12.0. The number of nitrogens with one attached hydrogen (secondary N) is 2. The van der Waals surface area contributed by atoms with E-state index in [0.717, 1.165) is 51.8 Å². The lowest BCUT2D eigenvalue weighted by molar-refractivity contribution is 0.0705. The molecule has 0 saturated carbocycles. The number of carbonyl (C=O) groups is 1. The number of fused-ring (bicyclic) bond motifs is 1. The zero-order chi connectivity index (χ0) is 25.8. The first-order chi connectivity index (χ1) is 18.1. The van der Waals surface area contributed by atoms with Crippen LogP contribution in [0.5, 0.6) is 0 Å². The van der Waals surface area contributed by atoms with E-state index in [1.54, 1.807) is 16.8 Å². The summed E-state index contributed by atoms with van der Waals surface area (Å²) in [5.41, 5.74) is 4.68. The molecule has 1 amide bonds. The van der Waals surface area contributed by atoms with E-state index >= 15 is 0 Å². The molecule has 37 heavy (non-hydrogen) atoms. The molecular weight excluding hydrogens is 492 g/mol. The number of aromatic nitrogens is 4. The Morgan fingerprint density at radius 3 is 2.57 bits per heavy atom. The van der Waals surface area contributed by atoms with Crippen molar-refractivity contribution in [2.24, 2.45) is 0 Å². The summed E-state index contributed by atoms with van der Waals surface area (Å²) in [5.74, 6) is 1.43. The molecule has 1 aliphatic heterocycles. The molecular formula is C25H28N8O3S. The van der Waals surface area contributed by atoms with Crippen molar-refractivity contribution < 1.29 is 14.7 Å². The third-order valence-corrected chi connectivity index (χ3v) is 7.08. The normalized spacial score (nSPS) is 13.5. The van der Waals surface area contributed by atoms with Gasteiger partial charge in [-0.1, -0.05) is 0 Å². The summed E-state index contributed by atoms with van der Waals surface area (Å²) in [4.78, 5) is 35.2. The van der Waals surface area contributed by atoms with Gasteiger partial charge in [0, 0.05) is 55.2 Å². The molecule has 1 fully saturated rings. The topological polar surface area (TPSA) is 129 Å². The lowest BCUT2D eigenvalue weighted by atomic mass is 10.2. The number of morpholine rings is 1. The highest BCUT2D eigenvalue weighted by Gasteiger charge is 2.21. The van der Waals surface area contributed by atoms with Gasteiger partial charge in [0.2, 0.25) is 5.95 Å². The maximum atomic E-state index is 11.5. The van der Waals surface area contributed by atoms with Gasteiger partial charge in [0.15, 0.2) is 11.6 Å². The van der Waals surface area contributed by atoms with Crippen molar-refractivity contribution in [2.75, 3.05) is 55.0 Å². The smallest absolute Gasteiger partial charge is 0.277 e. The number of thiophene rings is 1. The van der Waals surface area contributed by atoms with E-state index in [4.69, 9.17) is 19.9 Å². The molecule has 1 saturated heterocycles. The van der Waals surface area contributed by atoms with Crippen molar-refractivity contribution >= 4 is 44.9 Å². The maximum Gasteiger partial charge on any atom is 0.277 e. The van der Waals surface area contributed by atoms with Gasteiger partial charge in [0.25, 0.3) is 5.91 Å². The summed E-state index contributed by atoms with van der Waals surface area (Å²) < 4.78 is 6.61. The van der Waals surface area contributed by atoms with Gasteiger partial charge in [-0.05, 0) is 37.3 Å². The number of carbonyl (C=O) groups excluding carboxylic acids is 1. The van der Waals surface area contributed by atoms with E-state index in [-0.39, 0.29) is 5.56 Å². The van der Waals surface area contributed by atoms with Crippen LogP contribution in [-0.4, -0.2) is 70.9 Å². The molecule has 3 aromatic heterocycles. The number of anilines is 3. The summed E-state index contributed by atoms with van der Waals surface area (Å²) in [6.07, 6.45) is 2.76. The van der Waals surface area contributed by atoms with Crippen LogP contribution < -0.4 is 20.6 Å². The highest BCUT2D eigenvalue weighted by Crippen LogP contribution is 2.35. The van der Waals surface area contributed by atoms with Gasteiger partial charge in [-0.2, -0.15) is 0 Å². The van der Waals surface area contributed by atoms with Crippen LogP contribution >= 0.6 is 11.3 Å². The predicted octanol–water partition coefficient (Wildman–Crippen LogP) is 3.17. The average molecular weight is 521 g/mol. The van der Waals surface area contributed by atoms with Gasteiger partial charge in [0.05, 0.1) is 35.5 Å². The second-order valence-corrected chi connectivity index (χ2v) is 9.71. The average Bonchev–Trinajstić information content (AvgIpc) is 3.35. The second kappa shape index (κ2) is 11.0. The molecule has 4 heterocycles. The van der Waals surface area contributed by atoms with E-state index in [0.29, 0.717) is 31.5 Å². The fourth-order valence-corrected chi connectivity index (χ4v) is 5.27. The van der Waals surface area contributed by atoms with Crippen LogP contribution in [0.25, 0.3) is 21.6 Å². The molecule has 0 radical (unpaired) electrons. The monoisotopic (exact) mass is 520 g/mol. The van der Waals surface area contributed by atoms with Gasteiger partial charge in [-0.3, -0.25) is 10.0 Å². The summed E-state index contributed by atoms with van der Waals surface area (Å²) in [6.45, 7) is 6.38. The Balaban J connectivity index is 1.46. The Hall–Kier alpha value is -3.87. The summed E-state index contributed by atoms with van der Waals surface area (Å²) >= 11 is 1.65. The molecule has 4 aromatic rings. The van der Waals surface area contributed by atoms with E-state index < -0.39 is 5.91 Å². The van der Waals surface area contributed by atoms with Crippen molar-refractivity contribution in [3.63, 3.8) is 0 Å². The van der Waals surface area contributed by atoms with Crippen LogP contribution in [-0.2, 0) is 11.3 Å². The van der Waals surface area contributed by atoms with Crippen molar-refractivity contribution in [1.29, 1.82) is 0 Å². The summed E-state index contributed by atoms with van der Waals surface area (Å²) in [7, 11) is 1.89. The lowest BCUT2D eigenvalue weighted by Gasteiger charge is -2.28. The van der Waals surface area contributed by atoms with Crippen LogP contribution in [0.15, 0.2) is 42.7 Å². The standard InChI is InChI=1S/C25H28N8O3S/c1-3-26-18-6-4-16(5-7-18)22-29-20-12-19(37-21(20)23(30-22)33-8-10-36-11-9-33)15-32(2)25-27-13-17(14-28-25)24(34)31-35/h4-7,12-14,26,35H,3,8-11,15H2,1-2H3,(H,31,34). The molecule has 0 unspecified atom stereocenters. The Kier molecular flexibility index (Phi) is 7.40. The number of ether oxygens (including phenoxy) is 1. The molecule has 3 N–H and O–H groups in total. The molecule has 1 aromatic carbocycles. The number of rotatable bonds is 8. The van der Waals surface area contributed by atoms with Crippen LogP contribution in [0.2, 0.25) is 0 Å². The minimum atomic E-state index is -0.653. The van der Waals surface area contributed by atoms with Crippen molar-refractivity contribution in [2.45, 2.75) is 13.5 Å². The third-order valence-electron chi connectivity index (χ3n) is 5.98. The van der Waals surface area contributed by atoms with E-state index in [1.807, 2.05) is 36.2 Å². The van der Waals surface area contributed by atoms with Gasteiger partial charge < -0.3 is 19.9 Å². The van der Waals surface area contributed by atoms with Crippen molar-refractivity contribution in [3.05, 3.63) is 53.2 Å². The van der Waals surface area contributed by atoms with Crippen LogP contribution in [0.3, 0.4) is 0 Å². The largest absolute Gasteiger partial charge is 0.385 e. The number of hydroxylamine groups is 1. The van der Waals surface area contributed by atoms with E-state index in [2.05, 4.69) is 33.2 Å². The van der Waals surface area contributed by atoms with Gasteiger partial charge in [-0.25, -0.2) is 25.4 Å². The Morgan fingerprint density at radius 1 is 1.16 bits per heavy atom. The maximum absolute atomic E-state index is 11.5. The lowest BCUT2D eigenvalue weighted by Crippen LogP contribution is -2.36. The highest BCUT2D eigenvalue weighted by atomic mass is 32.1. The van der Waals surface area contributed by atoms with Crippen LogP contribution in [0, 0.1) is 0 Å². The number of hydrogen-bond acceptors (Lipinski definition) is 11. The van der Waals surface area contributed by atoms with Crippen LogP contribution in [0.1, 0.15) is 22.2 Å². The molecule has 1 aliphatic rings. The number of amides is 1. The Bertz CT molecular complexity index is 1370. The Labute approximate surface area is 218 Å². The molecule has 0 spiro atoms. The van der Waals surface area contributed by atoms with Gasteiger partial charge >= 0.3 is 0 Å². The molecule has 0 atom stereocenters. The van der Waals surface area contributed by atoms with Crippen molar-refractivity contribution in [3.8, 4) is 11.4 Å². The van der Waals surface area contributed by atoms with Gasteiger partial charge in [-0.15, -0.1) is 11.3 Å². The first kappa shape index (κ1) is 24.8. The number of nitrogens with zero attached hydrogens (tertiary/aromatic N) is 6. The van der Waals surface area contributed by atoms with Crippen molar-refractivity contribution in [1.82, 2.24) is 25.4 Å². The fraction of sp³-hybridized carbons (Fsp3) is 0.320. The van der Waals surface area contributed by atoms with E-state index in [9.17, 15) is 4.79 Å². The quantitative estimate of drug-likeness (QED) is 0.235. The SMILES string of the molecule is CCNc1ccc(-c2nc(N3CCOCC3)c3sc(CN(C)c4ncc(C(=O)NO)cn4)cc3n2)cc1. The minimum Gasteiger partial charge on any atom is -0.385 e. The fourth-order valence-electron chi connectivity index (χ4n) is 4.11. The molecule has 11 nitrogen and oxygen atoms in total. The molecule has 192 valence electrons. The third kappa shape index (κ3) is 5.45. The molecule has 0 aliphatic carbocycles. The first-order valence-corrected chi connectivity index (χ1v) is 12.8. The molecule has 0 bridgehead atoms. The molecule has 12 heteroatoms. The molecule has 5 rings (SSSR count). The summed E-state index contributed by atoms with van der Waals surface area (Å²) in [5, 5.41) is 12.1. The minimum absolute atomic E-state index is 0.179. The second-order valence-electron chi connectivity index (χ2n) is 8.57. The Morgan fingerprint density at radius 2 is 1.89 bits per heavy atom. The highest BCUT2D eigenvalue weighted by molar-refractivity contribution is 7.19. The zero-order valence-corrected chi connectivity index (χ0v) is 21.5. The number of benzene rings is 1. The summed E-state index contributed by atoms with van der Waals surface area (Å²) in [6, 6.07) is 10.3. The van der Waals surface area contributed by atoms with Gasteiger partial charge in [0.1, 0.15) is 0 Å². The predicted molar refractivity (Wildman–Crippen MR) is 143 cm³/mol. The zero-order valence-electron chi connectivity index (χ0n) is 20.6. The van der Waals surface area contributed by atoms with Crippen LogP contribution in [0.4, 0.5) is 17.5 Å². The number of hydrogen-bond donors (Lipinski definition) is 3. The van der Waals surface area contributed by atoms with E-state index in [1.165, 1.54) is 12.4 Å².